The van der Waals surface area contributed by atoms with Gasteiger partial charge in [-0.3, -0.25) is 19.8 Å². The monoisotopic (exact) mass is 408 g/mol. The fraction of sp³-hybridized carbons (Fsp3) is 0. The Kier molecular flexibility index (Phi) is 4.81. The van der Waals surface area contributed by atoms with Crippen LogP contribution in [0.4, 0.5) is 16.2 Å². The summed E-state index contributed by atoms with van der Waals surface area (Å²) in [5.41, 5.74) is 1.46. The molecule has 4 rings (SSSR count). The lowest BCUT2D eigenvalue weighted by Crippen LogP contribution is -2.26. The van der Waals surface area contributed by atoms with E-state index in [0.29, 0.717) is 21.4 Å². The Bertz CT molecular complexity index is 1100. The summed E-state index contributed by atoms with van der Waals surface area (Å²) in [6, 6.07) is 18.9. The number of nitro benzene ring substituents is 1. The van der Waals surface area contributed by atoms with Gasteiger partial charge in [0.25, 0.3) is 10.9 Å². The van der Waals surface area contributed by atoms with E-state index >= 15 is 0 Å². The van der Waals surface area contributed by atoms with Gasteiger partial charge in [-0.15, -0.1) is 0 Å². The molecular weight excluding hydrogens is 396 g/mol. The number of carbonyl (C=O) groups is 1. The molecule has 0 atom stereocenters. The van der Waals surface area contributed by atoms with Crippen LogP contribution in [-0.2, 0) is 0 Å². The van der Waals surface area contributed by atoms with Gasteiger partial charge < -0.3 is 4.42 Å². The second-order valence-electron chi connectivity index (χ2n) is 5.86. The number of furan rings is 1. The van der Waals surface area contributed by atoms with Crippen molar-refractivity contribution in [1.82, 2.24) is 0 Å². The fourth-order valence-electron chi connectivity index (χ4n) is 2.73. The number of benzene rings is 2. The number of amides is 1. The van der Waals surface area contributed by atoms with Crippen molar-refractivity contribution in [1.29, 1.82) is 0 Å². The Morgan fingerprint density at radius 2 is 1.75 bits per heavy atom. The van der Waals surface area contributed by atoms with E-state index in [0.717, 1.165) is 23.0 Å². The Balaban J connectivity index is 1.58. The van der Waals surface area contributed by atoms with Crippen LogP contribution in [0.25, 0.3) is 17.4 Å². The molecule has 1 aliphatic rings. The Morgan fingerprint density at radius 1 is 1.04 bits per heavy atom. The van der Waals surface area contributed by atoms with E-state index in [2.05, 4.69) is 0 Å². The molecule has 1 aromatic heterocycles. The number of hydrogen-bond acceptors (Lipinski definition) is 6. The summed E-state index contributed by atoms with van der Waals surface area (Å²) in [7, 11) is 0. The van der Waals surface area contributed by atoms with Crippen LogP contribution < -0.4 is 4.90 Å². The number of carbonyl (C=O) groups excluding carboxylic acids is 1. The molecule has 1 amide bonds. The van der Waals surface area contributed by atoms with Crippen LogP contribution in [0.2, 0.25) is 0 Å². The van der Waals surface area contributed by atoms with Gasteiger partial charge in [-0.1, -0.05) is 30.4 Å². The van der Waals surface area contributed by atoms with Gasteiger partial charge in [-0.25, -0.2) is 0 Å². The average Bonchev–Trinajstić information content (AvgIpc) is 3.27. The van der Waals surface area contributed by atoms with Crippen molar-refractivity contribution >= 4 is 51.7 Å². The normalized spacial score (nSPS) is 15.4. The number of para-hydroxylation sites is 1. The van der Waals surface area contributed by atoms with Crippen LogP contribution in [0, 0.1) is 10.1 Å². The lowest BCUT2D eigenvalue weighted by atomic mass is 10.1. The lowest BCUT2D eigenvalue weighted by molar-refractivity contribution is -0.384. The average molecular weight is 408 g/mol. The van der Waals surface area contributed by atoms with Crippen LogP contribution in [0.5, 0.6) is 0 Å². The van der Waals surface area contributed by atoms with Crippen molar-refractivity contribution in [3.8, 4) is 11.3 Å². The third kappa shape index (κ3) is 3.47. The van der Waals surface area contributed by atoms with E-state index in [-0.39, 0.29) is 10.9 Å². The molecule has 0 saturated carbocycles. The maximum absolute atomic E-state index is 12.4. The highest BCUT2D eigenvalue weighted by Crippen LogP contribution is 2.37. The van der Waals surface area contributed by atoms with Crippen molar-refractivity contribution in [3.05, 3.63) is 87.5 Å². The number of thiocarbonyl (C=S) groups is 1. The Hall–Kier alpha value is -3.23. The van der Waals surface area contributed by atoms with Crippen molar-refractivity contribution in [2.75, 3.05) is 4.90 Å². The van der Waals surface area contributed by atoms with Gasteiger partial charge in [0.05, 0.1) is 15.5 Å². The van der Waals surface area contributed by atoms with E-state index in [1.807, 2.05) is 30.3 Å². The molecule has 3 aromatic rings. The van der Waals surface area contributed by atoms with Crippen molar-refractivity contribution in [3.63, 3.8) is 0 Å². The van der Waals surface area contributed by atoms with Crippen LogP contribution >= 0.6 is 24.0 Å². The smallest absolute Gasteiger partial charge is 0.296 e. The minimum atomic E-state index is -0.449. The molecule has 0 N–H and O–H groups in total. The summed E-state index contributed by atoms with van der Waals surface area (Å²) < 4.78 is 5.81. The summed E-state index contributed by atoms with van der Waals surface area (Å²) >= 11 is 6.52. The van der Waals surface area contributed by atoms with Crippen LogP contribution in [0.3, 0.4) is 0 Å². The van der Waals surface area contributed by atoms with Gasteiger partial charge in [-0.05, 0) is 54.2 Å². The van der Waals surface area contributed by atoms with Crippen molar-refractivity contribution in [2.45, 2.75) is 0 Å². The molecule has 1 aliphatic heterocycles. The number of thioether (sulfide) groups is 1. The minimum absolute atomic E-state index is 0.0184. The molecular formula is C20H12N2O4S2. The van der Waals surface area contributed by atoms with E-state index in [4.69, 9.17) is 16.6 Å². The summed E-state index contributed by atoms with van der Waals surface area (Å²) in [5, 5.41) is 10.6. The number of nitrogens with zero attached hydrogens (tertiary/aromatic N) is 2. The number of hydrogen-bond donors (Lipinski definition) is 0. The first-order valence-corrected chi connectivity index (χ1v) is 9.43. The molecule has 0 unspecified atom stereocenters. The van der Waals surface area contributed by atoms with E-state index in [9.17, 15) is 14.9 Å². The fourth-order valence-corrected chi connectivity index (χ4v) is 3.99. The highest BCUT2D eigenvalue weighted by molar-refractivity contribution is 8.20. The van der Waals surface area contributed by atoms with Gasteiger partial charge in [0.2, 0.25) is 0 Å². The van der Waals surface area contributed by atoms with Gasteiger partial charge in [-0.2, -0.15) is 0 Å². The van der Waals surface area contributed by atoms with E-state index in [1.54, 1.807) is 30.3 Å². The predicted octanol–water partition coefficient (Wildman–Crippen LogP) is 5.90. The second-order valence-corrected chi connectivity index (χ2v) is 7.24. The highest BCUT2D eigenvalue weighted by atomic mass is 32.2. The largest absolute Gasteiger partial charge is 0.457 e. The minimum Gasteiger partial charge on any atom is -0.457 e. The van der Waals surface area contributed by atoms with Gasteiger partial charge in [0.1, 0.15) is 16.5 Å². The summed E-state index contributed by atoms with van der Waals surface area (Å²) in [6.07, 6.45) is 1.72. The number of non-ortho nitro benzene ring substituents is 1. The van der Waals surface area contributed by atoms with Gasteiger partial charge in [0, 0.05) is 17.7 Å². The zero-order valence-corrected chi connectivity index (χ0v) is 15.9. The van der Waals surface area contributed by atoms with Gasteiger partial charge in [0.15, 0.2) is 0 Å². The standard InChI is InChI=1S/C20H12N2O4S2/c23-20-21(14-4-2-1-3-5-14)19(27)18(28-20)12-16-10-11-17(26-16)13-6-8-15(9-7-13)22(24)25/h1-12H/b18-12-. The first-order valence-electron chi connectivity index (χ1n) is 8.20. The number of anilines is 1. The van der Waals surface area contributed by atoms with E-state index in [1.165, 1.54) is 17.0 Å². The lowest BCUT2D eigenvalue weighted by Gasteiger charge is -2.14. The summed E-state index contributed by atoms with van der Waals surface area (Å²) in [5.74, 6) is 1.11. The molecule has 8 heteroatoms. The predicted molar refractivity (Wildman–Crippen MR) is 113 cm³/mol. The number of rotatable bonds is 4. The maximum atomic E-state index is 12.4. The molecule has 0 bridgehead atoms. The third-order valence-electron chi connectivity index (χ3n) is 4.07. The molecule has 1 saturated heterocycles. The number of nitro groups is 1. The molecule has 0 spiro atoms. The van der Waals surface area contributed by atoms with E-state index < -0.39 is 4.92 Å². The quantitative estimate of drug-likeness (QED) is 0.232. The molecule has 0 aliphatic carbocycles. The van der Waals surface area contributed by atoms with Gasteiger partial charge >= 0.3 is 0 Å². The van der Waals surface area contributed by atoms with Crippen LogP contribution in [-0.4, -0.2) is 15.2 Å². The van der Waals surface area contributed by atoms with Crippen molar-refractivity contribution in [2.24, 2.45) is 0 Å². The Morgan fingerprint density at radius 3 is 2.43 bits per heavy atom. The molecule has 6 nitrogen and oxygen atoms in total. The first kappa shape index (κ1) is 18.1. The van der Waals surface area contributed by atoms with Crippen LogP contribution in [0.15, 0.2) is 76.1 Å². The molecule has 1 fully saturated rings. The molecule has 28 heavy (non-hydrogen) atoms. The Labute approximate surface area is 169 Å². The summed E-state index contributed by atoms with van der Waals surface area (Å²) in [4.78, 5) is 25.2. The topological polar surface area (TPSA) is 76.6 Å². The zero-order valence-electron chi connectivity index (χ0n) is 14.3. The second kappa shape index (κ2) is 7.41. The maximum Gasteiger partial charge on any atom is 0.296 e. The molecule has 2 aromatic carbocycles. The SMILES string of the molecule is O=C1S/C(=C\c2ccc(-c3ccc([N+](=O)[O-])cc3)o2)C(=S)N1c1ccccc1. The molecule has 0 radical (unpaired) electrons. The zero-order chi connectivity index (χ0) is 19.7. The first-order chi connectivity index (χ1) is 13.5. The molecule has 138 valence electrons. The molecule has 2 heterocycles. The summed E-state index contributed by atoms with van der Waals surface area (Å²) in [6.45, 7) is 0. The third-order valence-corrected chi connectivity index (χ3v) is 5.49. The van der Waals surface area contributed by atoms with Crippen molar-refractivity contribution < 1.29 is 14.1 Å². The van der Waals surface area contributed by atoms with Crippen LogP contribution in [0.1, 0.15) is 5.76 Å². The highest BCUT2D eigenvalue weighted by Gasteiger charge is 2.33.